The fourth-order valence-corrected chi connectivity index (χ4v) is 1.78. The number of aliphatic carboxylic acids is 1. The molecule has 0 aliphatic heterocycles. The summed E-state index contributed by atoms with van der Waals surface area (Å²) in [5, 5.41) is 9.68. The van der Waals surface area contributed by atoms with Crippen LogP contribution in [-0.2, 0) is 4.79 Å². The summed E-state index contributed by atoms with van der Waals surface area (Å²) >= 11 is 11.6. The summed E-state index contributed by atoms with van der Waals surface area (Å²) in [6.45, 7) is 1.83. The molecule has 0 unspecified atom stereocenters. The van der Waals surface area contributed by atoms with E-state index < -0.39 is 5.97 Å². The van der Waals surface area contributed by atoms with Crippen molar-refractivity contribution >= 4 is 29.2 Å². The van der Waals surface area contributed by atoms with Crippen molar-refractivity contribution in [2.75, 3.05) is 0 Å². The number of hydrogen-bond donors (Lipinski definition) is 1. The summed E-state index contributed by atoms with van der Waals surface area (Å²) in [4.78, 5) is 10.5. The van der Waals surface area contributed by atoms with Crippen LogP contribution in [0, 0.1) is 0 Å². The molecule has 0 fully saturated rings. The minimum absolute atomic E-state index is 0.0799. The molecule has 0 amide bonds. The molecule has 0 aliphatic carbocycles. The second kappa shape index (κ2) is 4.67. The first kappa shape index (κ1) is 11.3. The molecule has 0 saturated carbocycles. The lowest BCUT2D eigenvalue weighted by Crippen LogP contribution is -2.02. The third-order valence-corrected chi connectivity index (χ3v) is 2.37. The molecule has 0 aromatic heterocycles. The van der Waals surface area contributed by atoms with E-state index in [0.29, 0.717) is 10.0 Å². The zero-order valence-electron chi connectivity index (χ0n) is 7.63. The second-order valence-electron chi connectivity index (χ2n) is 3.20. The first-order valence-electron chi connectivity index (χ1n) is 4.17. The summed E-state index contributed by atoms with van der Waals surface area (Å²) < 4.78 is 0. The Morgan fingerprint density at radius 1 is 1.36 bits per heavy atom. The average molecular weight is 233 g/mol. The first-order chi connectivity index (χ1) is 6.49. The number of benzene rings is 1. The Balaban J connectivity index is 2.89. The van der Waals surface area contributed by atoms with Gasteiger partial charge in [0, 0.05) is 10.0 Å². The highest BCUT2D eigenvalue weighted by Gasteiger charge is 2.11. The molecule has 14 heavy (non-hydrogen) atoms. The van der Waals surface area contributed by atoms with Gasteiger partial charge in [-0.2, -0.15) is 0 Å². The molecule has 1 rings (SSSR count). The van der Waals surface area contributed by atoms with Gasteiger partial charge in [0.15, 0.2) is 0 Å². The number of halogens is 2. The van der Waals surface area contributed by atoms with Crippen LogP contribution >= 0.6 is 23.2 Å². The van der Waals surface area contributed by atoms with E-state index in [1.54, 1.807) is 18.2 Å². The van der Waals surface area contributed by atoms with Gasteiger partial charge in [0.1, 0.15) is 0 Å². The summed E-state index contributed by atoms with van der Waals surface area (Å²) in [5.74, 6) is -0.905. The lowest BCUT2D eigenvalue weighted by molar-refractivity contribution is -0.137. The predicted octanol–water partition coefficient (Wildman–Crippen LogP) is 3.57. The monoisotopic (exact) mass is 232 g/mol. The molecular weight excluding hydrogens is 223 g/mol. The SMILES string of the molecule is C[C@@H](CC(=O)O)c1cc(Cl)cc(Cl)c1. The van der Waals surface area contributed by atoms with E-state index in [2.05, 4.69) is 0 Å². The standard InChI is InChI=1S/C10H10Cl2O2/c1-6(2-10(13)14)7-3-8(11)5-9(12)4-7/h3-6H,2H2,1H3,(H,13,14)/t6-/m0/s1. The van der Waals surface area contributed by atoms with Gasteiger partial charge >= 0.3 is 5.97 Å². The van der Waals surface area contributed by atoms with Crippen molar-refractivity contribution in [1.82, 2.24) is 0 Å². The molecule has 0 heterocycles. The maximum atomic E-state index is 10.5. The van der Waals surface area contributed by atoms with Crippen molar-refractivity contribution in [2.45, 2.75) is 19.3 Å². The fraction of sp³-hybridized carbons (Fsp3) is 0.300. The lowest BCUT2D eigenvalue weighted by Gasteiger charge is -2.09. The van der Waals surface area contributed by atoms with E-state index >= 15 is 0 Å². The third-order valence-electron chi connectivity index (χ3n) is 1.93. The quantitative estimate of drug-likeness (QED) is 0.866. The van der Waals surface area contributed by atoms with Crippen LogP contribution in [0.3, 0.4) is 0 Å². The molecule has 1 aromatic carbocycles. The van der Waals surface area contributed by atoms with Gasteiger partial charge in [-0.05, 0) is 29.7 Å². The van der Waals surface area contributed by atoms with Gasteiger partial charge in [-0.25, -0.2) is 0 Å². The minimum Gasteiger partial charge on any atom is -0.481 e. The zero-order valence-corrected chi connectivity index (χ0v) is 9.14. The van der Waals surface area contributed by atoms with E-state index in [-0.39, 0.29) is 12.3 Å². The van der Waals surface area contributed by atoms with Crippen molar-refractivity contribution in [3.05, 3.63) is 33.8 Å². The molecule has 0 aliphatic rings. The maximum absolute atomic E-state index is 10.5. The smallest absolute Gasteiger partial charge is 0.303 e. The lowest BCUT2D eigenvalue weighted by atomic mass is 9.98. The van der Waals surface area contributed by atoms with Crippen LogP contribution in [0.15, 0.2) is 18.2 Å². The van der Waals surface area contributed by atoms with Crippen molar-refractivity contribution in [2.24, 2.45) is 0 Å². The molecule has 0 spiro atoms. The van der Waals surface area contributed by atoms with Crippen molar-refractivity contribution in [3.63, 3.8) is 0 Å². The minimum atomic E-state index is -0.825. The molecule has 4 heteroatoms. The van der Waals surface area contributed by atoms with Gasteiger partial charge < -0.3 is 5.11 Å². The molecule has 1 aromatic rings. The average Bonchev–Trinajstić information content (AvgIpc) is 2.00. The van der Waals surface area contributed by atoms with E-state index in [1.165, 1.54) is 0 Å². The van der Waals surface area contributed by atoms with Crippen LogP contribution in [0.5, 0.6) is 0 Å². The predicted molar refractivity (Wildman–Crippen MR) is 57.1 cm³/mol. The van der Waals surface area contributed by atoms with Gasteiger partial charge in [-0.3, -0.25) is 4.79 Å². The fourth-order valence-electron chi connectivity index (χ4n) is 1.24. The summed E-state index contributed by atoms with van der Waals surface area (Å²) in [7, 11) is 0. The number of hydrogen-bond acceptors (Lipinski definition) is 1. The van der Waals surface area contributed by atoms with Crippen LogP contribution < -0.4 is 0 Å². The van der Waals surface area contributed by atoms with Crippen molar-refractivity contribution in [1.29, 1.82) is 0 Å². The van der Waals surface area contributed by atoms with Crippen LogP contribution in [0.25, 0.3) is 0 Å². The van der Waals surface area contributed by atoms with Crippen LogP contribution in [0.2, 0.25) is 10.0 Å². The van der Waals surface area contributed by atoms with Gasteiger partial charge in [0.2, 0.25) is 0 Å². The Morgan fingerprint density at radius 3 is 2.29 bits per heavy atom. The molecule has 2 nitrogen and oxygen atoms in total. The van der Waals surface area contributed by atoms with Gasteiger partial charge in [-0.15, -0.1) is 0 Å². The van der Waals surface area contributed by atoms with E-state index in [4.69, 9.17) is 28.3 Å². The Morgan fingerprint density at radius 2 is 1.86 bits per heavy atom. The van der Waals surface area contributed by atoms with E-state index in [9.17, 15) is 4.79 Å². The maximum Gasteiger partial charge on any atom is 0.303 e. The second-order valence-corrected chi connectivity index (χ2v) is 4.07. The molecule has 1 atom stereocenters. The Bertz CT molecular complexity index is 330. The molecule has 0 radical (unpaired) electrons. The highest BCUT2D eigenvalue weighted by atomic mass is 35.5. The summed E-state index contributed by atoms with van der Waals surface area (Å²) in [5.41, 5.74) is 0.852. The summed E-state index contributed by atoms with van der Waals surface area (Å²) in [6.07, 6.45) is 0.0800. The number of carboxylic acids is 1. The molecular formula is C10H10Cl2O2. The molecule has 0 bridgehead atoms. The Labute approximate surface area is 92.5 Å². The Kier molecular flexibility index (Phi) is 3.78. The highest BCUT2D eigenvalue weighted by Crippen LogP contribution is 2.26. The number of rotatable bonds is 3. The highest BCUT2D eigenvalue weighted by molar-refractivity contribution is 6.34. The van der Waals surface area contributed by atoms with Gasteiger partial charge in [0.05, 0.1) is 6.42 Å². The number of carboxylic acid groups (broad SMARTS) is 1. The zero-order chi connectivity index (χ0) is 10.7. The van der Waals surface area contributed by atoms with Crippen LogP contribution in [0.4, 0.5) is 0 Å². The van der Waals surface area contributed by atoms with E-state index in [0.717, 1.165) is 5.56 Å². The molecule has 1 N–H and O–H groups in total. The van der Waals surface area contributed by atoms with Gasteiger partial charge in [0.25, 0.3) is 0 Å². The largest absolute Gasteiger partial charge is 0.481 e. The van der Waals surface area contributed by atoms with Crippen molar-refractivity contribution < 1.29 is 9.90 Å². The van der Waals surface area contributed by atoms with Crippen molar-refractivity contribution in [3.8, 4) is 0 Å². The normalized spacial score (nSPS) is 12.5. The Hall–Kier alpha value is -0.730. The molecule has 76 valence electrons. The van der Waals surface area contributed by atoms with Crippen LogP contribution in [-0.4, -0.2) is 11.1 Å². The third kappa shape index (κ3) is 3.20. The van der Waals surface area contributed by atoms with Crippen LogP contribution in [0.1, 0.15) is 24.8 Å². The topological polar surface area (TPSA) is 37.3 Å². The summed E-state index contributed by atoms with van der Waals surface area (Å²) in [6, 6.07) is 5.10. The van der Waals surface area contributed by atoms with Gasteiger partial charge in [-0.1, -0.05) is 30.1 Å². The number of carbonyl (C=O) groups is 1. The first-order valence-corrected chi connectivity index (χ1v) is 4.92. The molecule has 0 saturated heterocycles. The van der Waals surface area contributed by atoms with E-state index in [1.807, 2.05) is 6.92 Å².